The van der Waals surface area contributed by atoms with Crippen LogP contribution in [-0.2, 0) is 44.6 Å². The van der Waals surface area contributed by atoms with Crippen LogP contribution >= 0.6 is 0 Å². The Morgan fingerprint density at radius 1 is 1.07 bits per heavy atom. The molecule has 60 heavy (non-hydrogen) atoms. The van der Waals surface area contributed by atoms with Crippen molar-refractivity contribution >= 4 is 23.6 Å². The van der Waals surface area contributed by atoms with Crippen molar-refractivity contribution in [1.29, 1.82) is 0 Å². The number of halogens is 1. The van der Waals surface area contributed by atoms with E-state index >= 15 is 4.39 Å². The number of aliphatic hydroxyl groups is 1. The van der Waals surface area contributed by atoms with Crippen LogP contribution in [0.1, 0.15) is 87.5 Å². The number of aromatic nitrogens is 3. The van der Waals surface area contributed by atoms with E-state index in [0.29, 0.717) is 32.4 Å². The van der Waals surface area contributed by atoms with Crippen molar-refractivity contribution in [3.05, 3.63) is 49.7 Å². The van der Waals surface area contributed by atoms with E-state index < -0.39 is 89.2 Å². The van der Waals surface area contributed by atoms with Crippen LogP contribution in [0, 0.1) is 17.8 Å². The van der Waals surface area contributed by atoms with Gasteiger partial charge in [-0.15, -0.1) is 6.58 Å². The topological polar surface area (TPSA) is 181 Å². The number of hydrogen-bond acceptors (Lipinski definition) is 13. The van der Waals surface area contributed by atoms with Gasteiger partial charge in [0.15, 0.2) is 17.7 Å². The van der Waals surface area contributed by atoms with Crippen LogP contribution < -0.4 is 5.32 Å². The number of nitrogens with zero attached hydrogens (tertiary/aromatic N) is 4. The third-order valence-corrected chi connectivity index (χ3v) is 12.7. The Balaban J connectivity index is 1.45. The number of aryl methyl sites for hydroxylation is 1. The fourth-order valence-electron chi connectivity index (χ4n) is 9.39. The average Bonchev–Trinajstić information content (AvgIpc) is 3.80. The molecule has 3 saturated heterocycles. The molecule has 0 saturated carbocycles. The number of imidazole rings is 1. The fourth-order valence-corrected chi connectivity index (χ4v) is 9.39. The van der Waals surface area contributed by atoms with Gasteiger partial charge in [0.05, 0.1) is 35.9 Å². The number of rotatable bonds is 13. The molecule has 5 rings (SSSR count). The number of methoxy groups -OCH3 is 1. The van der Waals surface area contributed by atoms with Gasteiger partial charge in [0.25, 0.3) is 5.67 Å². The molecule has 3 aliphatic rings. The van der Waals surface area contributed by atoms with Gasteiger partial charge in [0.2, 0.25) is 0 Å². The highest BCUT2D eigenvalue weighted by atomic mass is 19.1. The molecule has 3 aliphatic heterocycles. The third kappa shape index (κ3) is 9.67. The summed E-state index contributed by atoms with van der Waals surface area (Å²) < 4.78 is 49.4. The molecule has 0 radical (unpaired) electrons. The molecule has 0 aliphatic carbocycles. The van der Waals surface area contributed by atoms with E-state index in [-0.39, 0.29) is 31.3 Å². The lowest BCUT2D eigenvalue weighted by Gasteiger charge is -2.46. The number of unbranched alkanes of at least 4 members (excludes halogenated alkanes) is 1. The molecule has 2 aromatic heterocycles. The Hall–Kier alpha value is -4.09. The summed E-state index contributed by atoms with van der Waals surface area (Å²) in [5, 5.41) is 14.6. The quantitative estimate of drug-likeness (QED) is 0.116. The van der Waals surface area contributed by atoms with Gasteiger partial charge in [-0.1, -0.05) is 33.8 Å². The van der Waals surface area contributed by atoms with Gasteiger partial charge in [-0.2, -0.15) is 0 Å². The second kappa shape index (κ2) is 19.3. The van der Waals surface area contributed by atoms with E-state index in [9.17, 15) is 24.3 Å². The minimum Gasteiger partial charge on any atom is -0.455 e. The zero-order chi connectivity index (χ0) is 44.2. The fraction of sp³-hybridized carbons (Fsp3) is 0.682. The minimum absolute atomic E-state index is 0.0131. The maximum absolute atomic E-state index is 16.9. The summed E-state index contributed by atoms with van der Waals surface area (Å²) in [5.41, 5.74) is -4.50. The van der Waals surface area contributed by atoms with E-state index in [1.54, 1.807) is 59.4 Å². The van der Waals surface area contributed by atoms with Crippen LogP contribution in [0.4, 0.5) is 9.18 Å². The Labute approximate surface area is 352 Å². The first kappa shape index (κ1) is 47.0. The summed E-state index contributed by atoms with van der Waals surface area (Å²) in [6.45, 7) is 17.4. The second-order valence-corrected chi connectivity index (χ2v) is 17.3. The van der Waals surface area contributed by atoms with Crippen molar-refractivity contribution < 1.29 is 52.4 Å². The summed E-state index contributed by atoms with van der Waals surface area (Å²) in [4.78, 5) is 66.8. The second-order valence-electron chi connectivity index (χ2n) is 17.3. The summed E-state index contributed by atoms with van der Waals surface area (Å²) >= 11 is 0. The molecule has 0 bridgehead atoms. The highest BCUT2D eigenvalue weighted by Crippen LogP contribution is 2.43. The number of ether oxygens (including phenoxy) is 5. The Morgan fingerprint density at radius 3 is 2.40 bits per heavy atom. The summed E-state index contributed by atoms with van der Waals surface area (Å²) in [5.74, 6) is -5.84. The number of cyclic esters (lactones) is 1. The Morgan fingerprint density at radius 2 is 1.75 bits per heavy atom. The van der Waals surface area contributed by atoms with Gasteiger partial charge in [-0.05, 0) is 71.9 Å². The number of Topliss-reactive ketones (excluding diaryl/α,β-unsaturated/α-hetero) is 2. The molecule has 13 atom stereocenters. The number of aliphatic hydroxyl groups excluding tert-OH is 1. The lowest BCUT2D eigenvalue weighted by Crippen LogP contribution is -2.62. The molecule has 5 heterocycles. The number of amides is 1. The van der Waals surface area contributed by atoms with Crippen molar-refractivity contribution in [3.63, 3.8) is 0 Å². The van der Waals surface area contributed by atoms with Crippen LogP contribution in [0.2, 0.25) is 0 Å². The smallest absolute Gasteiger partial charge is 0.410 e. The van der Waals surface area contributed by atoms with Crippen molar-refractivity contribution in [1.82, 2.24) is 24.8 Å². The first-order valence-electron chi connectivity index (χ1n) is 21.1. The number of nitrogens with one attached hydrogen (secondary N) is 1. The number of pyridine rings is 1. The van der Waals surface area contributed by atoms with Crippen LogP contribution in [0.3, 0.4) is 0 Å². The molecular formula is C44H64FN5O10. The molecule has 0 spiro atoms. The van der Waals surface area contributed by atoms with Gasteiger partial charge in [0, 0.05) is 74.7 Å². The van der Waals surface area contributed by atoms with Gasteiger partial charge in [-0.25, -0.2) is 19.0 Å². The van der Waals surface area contributed by atoms with E-state index in [4.69, 9.17) is 23.7 Å². The molecule has 2 N–H and O–H groups in total. The normalized spacial score (nSPS) is 37.0. The zero-order valence-electron chi connectivity index (χ0n) is 36.5. The molecule has 15 nitrogen and oxygen atoms in total. The highest BCUT2D eigenvalue weighted by Gasteiger charge is 2.61. The molecular weight excluding hydrogens is 778 g/mol. The van der Waals surface area contributed by atoms with E-state index in [2.05, 4.69) is 21.9 Å². The van der Waals surface area contributed by atoms with Crippen molar-refractivity contribution in [3.8, 4) is 11.3 Å². The van der Waals surface area contributed by atoms with Crippen molar-refractivity contribution in [2.24, 2.45) is 17.8 Å². The zero-order valence-corrected chi connectivity index (χ0v) is 36.5. The van der Waals surface area contributed by atoms with Crippen LogP contribution in [0.15, 0.2) is 49.7 Å². The van der Waals surface area contributed by atoms with Crippen molar-refractivity contribution in [2.45, 2.75) is 154 Å². The van der Waals surface area contributed by atoms with E-state index in [1.807, 2.05) is 29.8 Å². The highest BCUT2D eigenvalue weighted by molar-refractivity contribution is 6.08. The lowest BCUT2D eigenvalue weighted by molar-refractivity contribution is -0.290. The monoisotopic (exact) mass is 841 g/mol. The Bertz CT molecular complexity index is 1830. The Kier molecular flexibility index (Phi) is 15.1. The van der Waals surface area contributed by atoms with Crippen molar-refractivity contribution in [2.75, 3.05) is 20.2 Å². The first-order chi connectivity index (χ1) is 28.3. The van der Waals surface area contributed by atoms with Crippen LogP contribution in [-0.4, -0.2) is 128 Å². The molecule has 3 fully saturated rings. The summed E-state index contributed by atoms with van der Waals surface area (Å²) in [6.07, 6.45) is 4.34. The molecule has 332 valence electrons. The number of fused-ring (bicyclic) bond motifs is 1. The number of alkyl halides is 1. The van der Waals surface area contributed by atoms with Gasteiger partial charge >= 0.3 is 12.1 Å². The first-order valence-corrected chi connectivity index (χ1v) is 21.1. The standard InChI is InChI=1S/C44H64FN5O10/c1-11-17-47-31-22-27(4)57-39(35(31)52)59-38-29(6)37(53)43(8,45)40(54)58-33(12-2)44(9)36(28(5)34(51)26(3)23-42(38,7)56-10)50(41(55)60-44)21-14-13-20-49-24-32(48-25-49)30-15-18-46-19-16-30/h11,15-16,18-19,24-29,31,33,35-36,38-39,47,52H,1,12-14,17,20-23H2,2-10H3/t26-,27-,28+,29-,31+,33-,35+,36?,38-,39+,42-,43+,44-/m1/s1. The predicted molar refractivity (Wildman–Crippen MR) is 219 cm³/mol. The van der Waals surface area contributed by atoms with Gasteiger partial charge in [-0.3, -0.25) is 14.6 Å². The lowest BCUT2D eigenvalue weighted by atomic mass is 9.73. The van der Waals surface area contributed by atoms with E-state index in [0.717, 1.165) is 18.2 Å². The van der Waals surface area contributed by atoms with E-state index in [1.165, 1.54) is 18.9 Å². The molecule has 0 aromatic carbocycles. The molecule has 2 aromatic rings. The average molecular weight is 842 g/mol. The molecule has 1 unspecified atom stereocenters. The van der Waals surface area contributed by atoms with Crippen LogP contribution in [0.25, 0.3) is 11.3 Å². The maximum Gasteiger partial charge on any atom is 0.410 e. The number of hydrogen-bond donors (Lipinski definition) is 2. The summed E-state index contributed by atoms with van der Waals surface area (Å²) in [7, 11) is 1.40. The number of carbonyl (C=O) groups excluding carboxylic acids is 4. The number of carbonyl (C=O) groups is 4. The minimum atomic E-state index is -3.19. The third-order valence-electron chi connectivity index (χ3n) is 12.7. The summed E-state index contributed by atoms with van der Waals surface area (Å²) in [6, 6.07) is 2.36. The largest absolute Gasteiger partial charge is 0.455 e. The van der Waals surface area contributed by atoms with Crippen LogP contribution in [0.5, 0.6) is 0 Å². The molecule has 16 heteroatoms. The predicted octanol–water partition coefficient (Wildman–Crippen LogP) is 5.24. The molecule has 1 amide bonds. The van der Waals surface area contributed by atoms with Gasteiger partial charge < -0.3 is 43.6 Å². The number of esters is 1. The number of ketones is 2. The maximum atomic E-state index is 16.9. The SMILES string of the molecule is C=CCN[C@H]1C[C@@H](C)O[C@@H](O[C@@H]2[C@H](C)C(=O)[C@](C)(F)C(=O)O[C@H](CC)[C@@]3(C)OC(=O)N(CCCCn4cnc(-c5ccncc5)c4)C3[C@@H](C)C(=O)[C@H](C)C[C@@]2(C)OC)[C@H]1O. The van der Waals surface area contributed by atoms with Gasteiger partial charge in [0.1, 0.15) is 18.0 Å².